The third kappa shape index (κ3) is 2.84. The first kappa shape index (κ1) is 29.2. The second-order valence-corrected chi connectivity index (χ2v) is 17.8. The Balaban J connectivity index is 1.36. The maximum absolute atomic E-state index is 2.78. The number of rotatable bonds is 2. The number of fused-ring (bicyclic) bond motifs is 12. The van der Waals surface area contributed by atoms with Crippen LogP contribution in [0.4, 0.5) is 17.1 Å². The van der Waals surface area contributed by atoms with Crippen LogP contribution in [-0.4, -0.2) is 9.13 Å². The van der Waals surface area contributed by atoms with Crippen molar-refractivity contribution in [3.63, 3.8) is 0 Å². The summed E-state index contributed by atoms with van der Waals surface area (Å²) in [5.74, 6) is 3.22. The summed E-state index contributed by atoms with van der Waals surface area (Å²) in [6.07, 6.45) is 0. The molecule has 0 fully saturated rings. The first-order valence-corrected chi connectivity index (χ1v) is 20.0. The van der Waals surface area contributed by atoms with Crippen LogP contribution in [-0.2, 0) is 11.1 Å². The molecular weight excluding hydrogens is 671 g/mol. The Bertz CT molecular complexity index is 3350. The van der Waals surface area contributed by atoms with Gasteiger partial charge in [-0.2, -0.15) is 18.3 Å². The third-order valence-corrected chi connectivity index (χ3v) is 14.2. The van der Waals surface area contributed by atoms with Crippen LogP contribution in [0.5, 0.6) is 0 Å². The highest BCUT2D eigenvalue weighted by Crippen LogP contribution is 2.65. The maximum atomic E-state index is 2.78. The predicted molar refractivity (Wildman–Crippen MR) is 221 cm³/mol. The number of anilines is 3. The fraction of sp³-hybridized carbons (Fsp3) is 0.200. The van der Waals surface area contributed by atoms with Crippen molar-refractivity contribution < 1.29 is 9.13 Å². The molecule has 0 aliphatic carbocycles. The zero-order valence-electron chi connectivity index (χ0n) is 31.9. The highest BCUT2D eigenvalue weighted by atomic mass is 15.4. The quantitative estimate of drug-likeness (QED) is 0.164. The lowest BCUT2D eigenvalue weighted by Gasteiger charge is -2.49. The molecule has 1 unspecified atom stereocenters. The van der Waals surface area contributed by atoms with Crippen LogP contribution >= 0.6 is 0 Å². The Morgan fingerprint density at radius 3 is 1.71 bits per heavy atom. The smallest absolute Gasteiger partial charge is 0.308 e. The Kier molecular flexibility index (Phi) is 4.69. The number of hydrogen-bond acceptors (Lipinski definition) is 1. The van der Waals surface area contributed by atoms with E-state index >= 15 is 0 Å². The van der Waals surface area contributed by atoms with Gasteiger partial charge in [-0.15, -0.1) is 0 Å². The molecule has 4 aromatic heterocycles. The Morgan fingerprint density at radius 1 is 0.509 bits per heavy atom. The Hall–Kier alpha value is -6.20. The van der Waals surface area contributed by atoms with Gasteiger partial charge in [0.25, 0.3) is 11.6 Å². The molecule has 1 spiro atoms. The van der Waals surface area contributed by atoms with E-state index in [9.17, 15) is 0 Å². The highest BCUT2D eigenvalue weighted by Gasteiger charge is 2.70. The van der Waals surface area contributed by atoms with Gasteiger partial charge >= 0.3 is 5.66 Å². The summed E-state index contributed by atoms with van der Waals surface area (Å²) in [5.41, 5.74) is 19.0. The Labute approximate surface area is 318 Å². The van der Waals surface area contributed by atoms with Gasteiger partial charge in [0.1, 0.15) is 22.2 Å². The van der Waals surface area contributed by atoms with E-state index in [0.29, 0.717) is 11.8 Å². The zero-order chi connectivity index (χ0) is 36.6. The summed E-state index contributed by atoms with van der Waals surface area (Å²) in [5, 5.41) is 5.27. The van der Waals surface area contributed by atoms with Crippen molar-refractivity contribution in [1.82, 2.24) is 9.13 Å². The summed E-state index contributed by atoms with van der Waals surface area (Å²) in [6.45, 7) is 14.3. The topological polar surface area (TPSA) is 20.9 Å². The molecule has 0 saturated carbocycles. The van der Waals surface area contributed by atoms with Crippen LogP contribution < -0.4 is 14.0 Å². The van der Waals surface area contributed by atoms with Crippen molar-refractivity contribution in [1.29, 1.82) is 0 Å². The molecule has 0 amide bonds. The lowest BCUT2D eigenvalue weighted by molar-refractivity contribution is -0.934. The van der Waals surface area contributed by atoms with Gasteiger partial charge in [-0.3, -0.25) is 0 Å². The minimum absolute atomic E-state index is 0.232. The van der Waals surface area contributed by atoms with Crippen LogP contribution in [0, 0.1) is 0 Å². The van der Waals surface area contributed by atoms with Gasteiger partial charge in [0.05, 0.1) is 17.1 Å². The van der Waals surface area contributed by atoms with Crippen LogP contribution in [0.2, 0.25) is 0 Å². The van der Waals surface area contributed by atoms with Crippen LogP contribution in [0.1, 0.15) is 86.8 Å². The lowest BCUT2D eigenvalue weighted by Crippen LogP contribution is -2.76. The average Bonchev–Trinajstić information content (AvgIpc) is 3.82. The van der Waals surface area contributed by atoms with E-state index in [0.717, 1.165) is 0 Å². The summed E-state index contributed by atoms with van der Waals surface area (Å²) in [4.78, 5) is 2.66. The van der Waals surface area contributed by atoms with Crippen molar-refractivity contribution in [2.45, 2.75) is 64.5 Å². The van der Waals surface area contributed by atoms with Crippen molar-refractivity contribution in [3.05, 3.63) is 149 Å². The molecule has 55 heavy (non-hydrogen) atoms. The summed E-state index contributed by atoms with van der Waals surface area (Å²) in [7, 11) is 0. The van der Waals surface area contributed by atoms with E-state index in [2.05, 4.69) is 180 Å². The van der Waals surface area contributed by atoms with Crippen molar-refractivity contribution in [2.24, 2.45) is 0 Å². The fourth-order valence-corrected chi connectivity index (χ4v) is 11.8. The summed E-state index contributed by atoms with van der Waals surface area (Å²) < 4.78 is 10.8. The molecule has 0 radical (unpaired) electrons. The minimum Gasteiger partial charge on any atom is -0.308 e. The van der Waals surface area contributed by atoms with Crippen molar-refractivity contribution >= 4 is 60.7 Å². The number of nitrogens with zero attached hydrogens (tertiary/aromatic N) is 5. The molecule has 5 aromatic carbocycles. The first-order valence-electron chi connectivity index (χ1n) is 20.0. The SMILES string of the molecule is CC(C)c1cc2[n+]3c(c1)-n1c4ccccc4c4ccc5c(c41)C31c3c4c(cc6c7ccccc7n(c36)-c3cc(C(C)C)cc-2[n+]31)C(C)(C)c1ccccc1N54. The van der Waals surface area contributed by atoms with E-state index in [1.54, 1.807) is 0 Å². The standard InChI is InChI=1S/C50H39N5/c1-26(2)28-21-40-41-22-29(27(3)4)24-43-53-37-17-11-8-14-31(37)33-25-35-48-45(47(33)53)50(55(41)43)44-39(51(48)38-18-12-9-15-34(38)49(35,5)6)20-19-32-30-13-7-10-16-36(30)52(46(32)44)42(23-28)54(40)50/h7-27H,1-6H3/q+2. The number of benzene rings is 5. The molecule has 14 rings (SSSR count). The molecule has 9 aromatic rings. The van der Waals surface area contributed by atoms with E-state index < -0.39 is 5.66 Å². The van der Waals surface area contributed by atoms with Crippen molar-refractivity contribution in [3.8, 4) is 23.0 Å². The second-order valence-electron chi connectivity index (χ2n) is 17.8. The van der Waals surface area contributed by atoms with E-state index in [1.807, 2.05) is 0 Å². The van der Waals surface area contributed by atoms with Gasteiger partial charge in [-0.1, -0.05) is 84.0 Å². The average molecular weight is 710 g/mol. The molecule has 0 bridgehead atoms. The van der Waals surface area contributed by atoms with Gasteiger partial charge in [0, 0.05) is 39.1 Å². The Morgan fingerprint density at radius 2 is 1.07 bits per heavy atom. The van der Waals surface area contributed by atoms with Crippen LogP contribution in [0.3, 0.4) is 0 Å². The molecule has 5 heteroatoms. The van der Waals surface area contributed by atoms with Crippen LogP contribution in [0.15, 0.2) is 115 Å². The molecular formula is C50H39N5+2. The third-order valence-electron chi connectivity index (χ3n) is 14.2. The van der Waals surface area contributed by atoms with Gasteiger partial charge in [0.2, 0.25) is 0 Å². The van der Waals surface area contributed by atoms with Gasteiger partial charge in [-0.25, -0.2) is 0 Å². The molecule has 262 valence electrons. The number of pyridine rings is 2. The molecule has 9 heterocycles. The largest absolute Gasteiger partial charge is 0.319 e. The first-order chi connectivity index (χ1) is 26.7. The van der Waals surface area contributed by atoms with Gasteiger partial charge in [0.15, 0.2) is 22.4 Å². The summed E-state index contributed by atoms with van der Waals surface area (Å²) >= 11 is 0. The normalized spacial score (nSPS) is 18.1. The highest BCUT2D eigenvalue weighted by molar-refractivity contribution is 6.17. The van der Waals surface area contributed by atoms with E-state index in [-0.39, 0.29) is 5.41 Å². The molecule has 0 N–H and O–H groups in total. The molecule has 1 atom stereocenters. The summed E-state index contributed by atoms with van der Waals surface area (Å²) in [6, 6.07) is 44.9. The minimum atomic E-state index is -0.660. The monoisotopic (exact) mass is 709 g/mol. The lowest BCUT2D eigenvalue weighted by atomic mass is 9.68. The number of hydrogen-bond donors (Lipinski definition) is 0. The van der Waals surface area contributed by atoms with Gasteiger partial charge in [-0.05, 0) is 94.8 Å². The zero-order valence-corrected chi connectivity index (χ0v) is 31.9. The predicted octanol–water partition coefficient (Wildman–Crippen LogP) is 11.0. The molecule has 0 saturated heterocycles. The fourth-order valence-electron chi connectivity index (χ4n) is 11.8. The maximum Gasteiger partial charge on any atom is 0.319 e. The van der Waals surface area contributed by atoms with Crippen molar-refractivity contribution in [2.75, 3.05) is 4.90 Å². The number of para-hydroxylation sites is 3. The molecule has 5 nitrogen and oxygen atoms in total. The molecule has 5 aliphatic rings. The second kappa shape index (κ2) is 8.84. The van der Waals surface area contributed by atoms with E-state index in [1.165, 1.54) is 117 Å². The molecule has 5 aliphatic heterocycles. The van der Waals surface area contributed by atoms with Gasteiger partial charge < -0.3 is 4.90 Å². The van der Waals surface area contributed by atoms with E-state index in [4.69, 9.17) is 0 Å². The number of aromatic nitrogens is 4. The van der Waals surface area contributed by atoms with Crippen LogP contribution in [0.25, 0.3) is 66.6 Å².